The van der Waals surface area contributed by atoms with E-state index in [-0.39, 0.29) is 10.6 Å². The Hall–Kier alpha value is -0.620. The molecule has 29 heavy (non-hydrogen) atoms. The monoisotopic (exact) mass is 636 g/mol. The first-order valence-corrected chi connectivity index (χ1v) is 15.2. The summed E-state index contributed by atoms with van der Waals surface area (Å²) in [6, 6.07) is 11.8. The van der Waals surface area contributed by atoms with Gasteiger partial charge >= 0.3 is 0 Å². The summed E-state index contributed by atoms with van der Waals surface area (Å²) in [5, 5.41) is 11.7. The van der Waals surface area contributed by atoms with Gasteiger partial charge in [-0.05, 0) is 48.5 Å². The number of hydrogen-bond donors (Lipinski definition) is 1. The van der Waals surface area contributed by atoms with Crippen molar-refractivity contribution in [2.75, 3.05) is 35.1 Å². The number of ether oxygens (including phenoxy) is 1. The van der Waals surface area contributed by atoms with Gasteiger partial charge in [-0.3, -0.25) is 0 Å². The first-order valence-electron chi connectivity index (χ1n) is 8.05. The second-order valence-corrected chi connectivity index (χ2v) is 11.8. The zero-order valence-electron chi connectivity index (χ0n) is 15.9. The van der Waals surface area contributed by atoms with Crippen LogP contribution >= 0.6 is 47.8 Å². The molecule has 0 amide bonds. The summed E-state index contributed by atoms with van der Waals surface area (Å²) in [5.74, 6) is 0.745. The number of aromatic hydroxyl groups is 1. The van der Waals surface area contributed by atoms with E-state index < -0.39 is 19.7 Å². The Morgan fingerprint density at radius 2 is 1.10 bits per heavy atom. The van der Waals surface area contributed by atoms with Gasteiger partial charge in [0.15, 0.2) is 19.7 Å². The molecular formula is C18H23Br3O6S2. The molecule has 2 aromatic carbocycles. The lowest BCUT2D eigenvalue weighted by atomic mass is 10.3. The van der Waals surface area contributed by atoms with Gasteiger partial charge in [-0.25, -0.2) is 16.8 Å². The molecule has 0 saturated heterocycles. The molecule has 0 saturated carbocycles. The van der Waals surface area contributed by atoms with Crippen molar-refractivity contribution in [3.63, 3.8) is 0 Å². The van der Waals surface area contributed by atoms with Crippen molar-refractivity contribution in [1.29, 1.82) is 0 Å². The van der Waals surface area contributed by atoms with Gasteiger partial charge in [-0.15, -0.1) is 0 Å². The van der Waals surface area contributed by atoms with E-state index in [0.717, 1.165) is 22.2 Å². The molecule has 1 N–H and O–H groups in total. The summed E-state index contributed by atoms with van der Waals surface area (Å²) in [7, 11) is -6.24. The Bertz CT molecular complexity index is 911. The van der Waals surface area contributed by atoms with Crippen LogP contribution in [-0.4, -0.2) is 57.1 Å². The van der Waals surface area contributed by atoms with Gasteiger partial charge < -0.3 is 9.84 Å². The third-order valence-electron chi connectivity index (χ3n) is 2.93. The third kappa shape index (κ3) is 13.3. The maximum absolute atomic E-state index is 11.1. The van der Waals surface area contributed by atoms with Gasteiger partial charge in [0, 0.05) is 28.5 Å². The molecule has 2 aromatic rings. The van der Waals surface area contributed by atoms with Crippen LogP contribution in [0.4, 0.5) is 0 Å². The molecule has 164 valence electrons. The first kappa shape index (κ1) is 28.4. The number of benzene rings is 2. The standard InChI is InChI=1S/C9H11BrO3S.C7H8O3S.C2H4Br2/c1-14(11,12)9-4-2-8(3-5-9)13-7-6-10;1-11(9,10)7-4-2-6(8)3-5-7;3-1-2-4/h2-5H,6-7H2,1H3;2-5,8H,1H3;1-2H2. The van der Waals surface area contributed by atoms with Crippen LogP contribution in [0.25, 0.3) is 0 Å². The lowest BCUT2D eigenvalue weighted by Gasteiger charge is -2.04. The lowest BCUT2D eigenvalue weighted by Crippen LogP contribution is -1.99. The number of sulfone groups is 2. The molecule has 0 fully saturated rings. The topological polar surface area (TPSA) is 97.7 Å². The van der Waals surface area contributed by atoms with Crippen LogP contribution in [0.15, 0.2) is 58.3 Å². The van der Waals surface area contributed by atoms with Crippen LogP contribution in [0.5, 0.6) is 11.5 Å². The predicted molar refractivity (Wildman–Crippen MR) is 128 cm³/mol. The highest BCUT2D eigenvalue weighted by Crippen LogP contribution is 2.16. The van der Waals surface area contributed by atoms with E-state index in [1.165, 1.54) is 30.5 Å². The van der Waals surface area contributed by atoms with Crippen molar-refractivity contribution in [1.82, 2.24) is 0 Å². The first-order chi connectivity index (χ1) is 13.5. The van der Waals surface area contributed by atoms with Gasteiger partial charge in [0.2, 0.25) is 0 Å². The van der Waals surface area contributed by atoms with E-state index in [0.29, 0.717) is 17.3 Å². The molecule has 0 aliphatic carbocycles. The average Bonchev–Trinajstić information content (AvgIpc) is 2.66. The smallest absolute Gasteiger partial charge is 0.175 e. The minimum Gasteiger partial charge on any atom is -0.508 e. The molecule has 0 unspecified atom stereocenters. The highest BCUT2D eigenvalue weighted by Gasteiger charge is 2.06. The zero-order valence-corrected chi connectivity index (χ0v) is 22.3. The Balaban J connectivity index is 0.000000466. The Kier molecular flexibility index (Phi) is 14.1. The van der Waals surface area contributed by atoms with Gasteiger partial charge in [0.05, 0.1) is 16.4 Å². The van der Waals surface area contributed by atoms with E-state index in [2.05, 4.69) is 47.8 Å². The molecule has 0 spiro atoms. The molecule has 0 aromatic heterocycles. The summed E-state index contributed by atoms with van der Waals surface area (Å²) in [4.78, 5) is 0.527. The van der Waals surface area contributed by atoms with Crippen LogP contribution < -0.4 is 4.74 Å². The second-order valence-electron chi connectivity index (χ2n) is 5.43. The van der Waals surface area contributed by atoms with Crippen molar-refractivity contribution >= 4 is 67.5 Å². The summed E-state index contributed by atoms with van der Waals surface area (Å²) in [6.45, 7) is 0.568. The minimum atomic E-state index is -3.13. The van der Waals surface area contributed by atoms with E-state index in [9.17, 15) is 16.8 Å². The van der Waals surface area contributed by atoms with Gasteiger partial charge in [0.1, 0.15) is 11.5 Å². The van der Waals surface area contributed by atoms with Gasteiger partial charge in [-0.1, -0.05) is 47.8 Å². The number of alkyl halides is 3. The van der Waals surface area contributed by atoms with E-state index in [1.807, 2.05) is 0 Å². The van der Waals surface area contributed by atoms with Crippen molar-refractivity contribution in [3.05, 3.63) is 48.5 Å². The van der Waals surface area contributed by atoms with Crippen LogP contribution in [0.1, 0.15) is 0 Å². The van der Waals surface area contributed by atoms with E-state index >= 15 is 0 Å². The molecule has 0 atom stereocenters. The van der Waals surface area contributed by atoms with Crippen molar-refractivity contribution in [2.24, 2.45) is 0 Å². The maximum atomic E-state index is 11.1. The Morgan fingerprint density at radius 3 is 1.41 bits per heavy atom. The van der Waals surface area contributed by atoms with Crippen molar-refractivity contribution in [3.8, 4) is 11.5 Å². The zero-order chi connectivity index (χ0) is 22.5. The van der Waals surface area contributed by atoms with Gasteiger partial charge in [0.25, 0.3) is 0 Å². The molecule has 2 rings (SSSR count). The summed E-state index contributed by atoms with van der Waals surface area (Å²) >= 11 is 9.63. The number of phenolic OH excluding ortho intramolecular Hbond substituents is 1. The quantitative estimate of drug-likeness (QED) is 0.470. The number of rotatable bonds is 6. The number of phenols is 1. The fourth-order valence-electron chi connectivity index (χ4n) is 1.63. The Morgan fingerprint density at radius 1 is 0.724 bits per heavy atom. The molecule has 0 bridgehead atoms. The largest absolute Gasteiger partial charge is 0.508 e. The SMILES string of the molecule is BrCCBr.CS(=O)(=O)c1ccc(O)cc1.CS(=O)(=O)c1ccc(OCCBr)cc1. The Labute approximate surface area is 197 Å². The van der Waals surface area contributed by atoms with Gasteiger partial charge in [-0.2, -0.15) is 0 Å². The van der Waals surface area contributed by atoms with Crippen molar-refractivity contribution in [2.45, 2.75) is 9.79 Å². The molecule has 0 aliphatic rings. The summed E-state index contributed by atoms with van der Waals surface area (Å²) < 4.78 is 49.2. The van der Waals surface area contributed by atoms with Crippen LogP contribution in [0.2, 0.25) is 0 Å². The number of hydrogen-bond acceptors (Lipinski definition) is 6. The number of halogens is 3. The normalized spacial score (nSPS) is 10.8. The van der Waals surface area contributed by atoms with Crippen LogP contribution in [-0.2, 0) is 19.7 Å². The highest BCUT2D eigenvalue weighted by atomic mass is 79.9. The van der Waals surface area contributed by atoms with Crippen LogP contribution in [0.3, 0.4) is 0 Å². The highest BCUT2D eigenvalue weighted by molar-refractivity contribution is 9.12. The van der Waals surface area contributed by atoms with E-state index in [1.54, 1.807) is 24.3 Å². The molecule has 0 radical (unpaired) electrons. The maximum Gasteiger partial charge on any atom is 0.175 e. The molecule has 11 heteroatoms. The summed E-state index contributed by atoms with van der Waals surface area (Å²) in [6.07, 6.45) is 2.31. The lowest BCUT2D eigenvalue weighted by molar-refractivity contribution is 0.345. The van der Waals surface area contributed by atoms with Crippen molar-refractivity contribution < 1.29 is 26.7 Å². The fourth-order valence-corrected chi connectivity index (χ4v) is 3.06. The second kappa shape index (κ2) is 14.4. The fraction of sp³-hybridized carbons (Fsp3) is 0.333. The molecule has 0 heterocycles. The van der Waals surface area contributed by atoms with E-state index in [4.69, 9.17) is 9.84 Å². The molecule has 6 nitrogen and oxygen atoms in total. The molecule has 0 aliphatic heterocycles. The predicted octanol–water partition coefficient (Wildman–Crippen LogP) is 4.44. The summed E-state index contributed by atoms with van der Waals surface area (Å²) in [5.41, 5.74) is 0. The third-order valence-corrected chi connectivity index (χ3v) is 7.37. The average molecular weight is 639 g/mol. The molecular weight excluding hydrogens is 616 g/mol. The van der Waals surface area contributed by atoms with Crippen LogP contribution in [0, 0.1) is 0 Å². The minimum absolute atomic E-state index is 0.0670.